The summed E-state index contributed by atoms with van der Waals surface area (Å²) in [6, 6.07) is 9.76. The number of ether oxygens (including phenoxy) is 1. The lowest BCUT2D eigenvalue weighted by Crippen LogP contribution is -1.97. The average molecular weight is 278 g/mol. The van der Waals surface area contributed by atoms with Crippen LogP contribution in [0.2, 0.25) is 0 Å². The SMILES string of the molecule is COc1nc(Br)cn1-c1ccc(C#N)cc1. The number of rotatable bonds is 2. The Balaban J connectivity index is 2.46. The summed E-state index contributed by atoms with van der Waals surface area (Å²) >= 11 is 3.28. The van der Waals surface area contributed by atoms with Crippen LogP contribution in [0.4, 0.5) is 0 Å². The van der Waals surface area contributed by atoms with Gasteiger partial charge in [-0.25, -0.2) is 0 Å². The number of hydrogen-bond acceptors (Lipinski definition) is 3. The number of nitrogens with zero attached hydrogens (tertiary/aromatic N) is 3. The fourth-order valence-electron chi connectivity index (χ4n) is 1.36. The van der Waals surface area contributed by atoms with Crippen LogP contribution in [0.15, 0.2) is 35.1 Å². The van der Waals surface area contributed by atoms with Crippen LogP contribution in [-0.4, -0.2) is 16.7 Å². The van der Waals surface area contributed by atoms with Crippen molar-refractivity contribution < 1.29 is 4.74 Å². The van der Waals surface area contributed by atoms with E-state index >= 15 is 0 Å². The molecule has 0 unspecified atom stereocenters. The van der Waals surface area contributed by atoms with Gasteiger partial charge in [0.1, 0.15) is 4.60 Å². The molecule has 2 rings (SSSR count). The Labute approximate surface area is 101 Å². The monoisotopic (exact) mass is 277 g/mol. The molecule has 0 amide bonds. The fraction of sp³-hybridized carbons (Fsp3) is 0.0909. The van der Waals surface area contributed by atoms with E-state index in [1.54, 1.807) is 30.0 Å². The van der Waals surface area contributed by atoms with Crippen molar-refractivity contribution in [1.82, 2.24) is 9.55 Å². The first-order valence-electron chi connectivity index (χ1n) is 4.54. The fourth-order valence-corrected chi connectivity index (χ4v) is 1.72. The van der Waals surface area contributed by atoms with Crippen molar-refractivity contribution in [2.45, 2.75) is 0 Å². The Morgan fingerprint density at radius 2 is 2.06 bits per heavy atom. The summed E-state index contributed by atoms with van der Waals surface area (Å²) in [5.41, 5.74) is 1.52. The molecule has 0 aliphatic carbocycles. The van der Waals surface area contributed by atoms with Gasteiger partial charge < -0.3 is 4.74 Å². The third kappa shape index (κ3) is 1.92. The van der Waals surface area contributed by atoms with Crippen molar-refractivity contribution in [3.05, 3.63) is 40.6 Å². The van der Waals surface area contributed by atoms with Crippen LogP contribution in [0.3, 0.4) is 0 Å². The number of methoxy groups -OCH3 is 1. The molecule has 0 saturated heterocycles. The van der Waals surface area contributed by atoms with Crippen LogP contribution in [0.1, 0.15) is 5.56 Å². The zero-order chi connectivity index (χ0) is 11.5. The zero-order valence-electron chi connectivity index (χ0n) is 8.51. The summed E-state index contributed by atoms with van der Waals surface area (Å²) in [5.74, 6) is 0. The van der Waals surface area contributed by atoms with E-state index in [0.29, 0.717) is 16.2 Å². The summed E-state index contributed by atoms with van der Waals surface area (Å²) in [7, 11) is 1.56. The van der Waals surface area contributed by atoms with E-state index in [1.807, 2.05) is 12.1 Å². The molecule has 0 saturated carbocycles. The quantitative estimate of drug-likeness (QED) is 0.848. The van der Waals surface area contributed by atoms with E-state index in [4.69, 9.17) is 10.00 Å². The van der Waals surface area contributed by atoms with Crippen LogP contribution in [0, 0.1) is 11.3 Å². The van der Waals surface area contributed by atoms with Crippen molar-refractivity contribution in [3.8, 4) is 17.8 Å². The number of aromatic nitrogens is 2. The molecule has 2 aromatic rings. The third-order valence-corrected chi connectivity index (χ3v) is 2.48. The predicted molar refractivity (Wildman–Crippen MR) is 62.5 cm³/mol. The molecule has 16 heavy (non-hydrogen) atoms. The molecule has 0 aliphatic rings. The number of hydrogen-bond donors (Lipinski definition) is 0. The van der Waals surface area contributed by atoms with Crippen molar-refractivity contribution in [3.63, 3.8) is 0 Å². The maximum atomic E-state index is 8.70. The molecule has 1 aromatic carbocycles. The highest BCUT2D eigenvalue weighted by atomic mass is 79.9. The summed E-state index contributed by atoms with van der Waals surface area (Å²) in [6.07, 6.45) is 1.81. The molecule has 0 bridgehead atoms. The molecule has 80 valence electrons. The summed E-state index contributed by atoms with van der Waals surface area (Å²) in [5, 5.41) is 8.70. The minimum atomic E-state index is 0.497. The largest absolute Gasteiger partial charge is 0.468 e. The first kappa shape index (κ1) is 10.7. The Kier molecular flexibility index (Phi) is 2.93. The number of nitriles is 1. The van der Waals surface area contributed by atoms with Gasteiger partial charge in [-0.1, -0.05) is 0 Å². The van der Waals surface area contributed by atoms with E-state index in [2.05, 4.69) is 27.0 Å². The molecule has 0 atom stereocenters. The van der Waals surface area contributed by atoms with Gasteiger partial charge in [0, 0.05) is 6.20 Å². The van der Waals surface area contributed by atoms with Gasteiger partial charge in [-0.2, -0.15) is 10.2 Å². The Morgan fingerprint density at radius 1 is 1.38 bits per heavy atom. The molecular formula is C11H8BrN3O. The van der Waals surface area contributed by atoms with Crippen molar-refractivity contribution in [2.75, 3.05) is 7.11 Å². The minimum absolute atomic E-state index is 0.497. The molecule has 0 N–H and O–H groups in total. The summed E-state index contributed by atoms with van der Waals surface area (Å²) < 4.78 is 7.63. The van der Waals surface area contributed by atoms with Crippen molar-refractivity contribution >= 4 is 15.9 Å². The molecule has 5 heteroatoms. The van der Waals surface area contributed by atoms with Crippen molar-refractivity contribution in [1.29, 1.82) is 5.26 Å². The Hall–Kier alpha value is -1.80. The van der Waals surface area contributed by atoms with E-state index in [9.17, 15) is 0 Å². The maximum absolute atomic E-state index is 8.70. The van der Waals surface area contributed by atoms with Crippen LogP contribution < -0.4 is 4.74 Å². The van der Waals surface area contributed by atoms with Crippen LogP contribution >= 0.6 is 15.9 Å². The molecule has 1 aromatic heterocycles. The highest BCUT2D eigenvalue weighted by molar-refractivity contribution is 9.10. The maximum Gasteiger partial charge on any atom is 0.301 e. The second-order valence-corrected chi connectivity index (χ2v) is 3.89. The van der Waals surface area contributed by atoms with Crippen LogP contribution in [0.5, 0.6) is 6.01 Å². The van der Waals surface area contributed by atoms with Gasteiger partial charge in [0.25, 0.3) is 0 Å². The Morgan fingerprint density at radius 3 is 2.62 bits per heavy atom. The normalized spacial score (nSPS) is 9.81. The standard InChI is InChI=1S/C11H8BrN3O/c1-16-11-14-10(12)7-15(11)9-4-2-8(6-13)3-5-9/h2-5,7H,1H3. The van der Waals surface area contributed by atoms with Gasteiger partial charge >= 0.3 is 6.01 Å². The van der Waals surface area contributed by atoms with Gasteiger partial charge in [-0.15, -0.1) is 0 Å². The molecule has 0 radical (unpaired) electrons. The molecule has 0 fully saturated rings. The lowest BCUT2D eigenvalue weighted by atomic mass is 10.2. The number of halogens is 1. The van der Waals surface area contributed by atoms with Gasteiger partial charge in [0.15, 0.2) is 0 Å². The topological polar surface area (TPSA) is 50.8 Å². The first-order chi connectivity index (χ1) is 7.74. The molecule has 1 heterocycles. The second-order valence-electron chi connectivity index (χ2n) is 3.08. The molecular weight excluding hydrogens is 270 g/mol. The van der Waals surface area contributed by atoms with Crippen LogP contribution in [-0.2, 0) is 0 Å². The van der Waals surface area contributed by atoms with E-state index in [-0.39, 0.29) is 0 Å². The van der Waals surface area contributed by atoms with E-state index < -0.39 is 0 Å². The zero-order valence-corrected chi connectivity index (χ0v) is 10.1. The lowest BCUT2D eigenvalue weighted by molar-refractivity contribution is 0.373. The highest BCUT2D eigenvalue weighted by Crippen LogP contribution is 2.21. The average Bonchev–Trinajstić information content (AvgIpc) is 2.70. The third-order valence-electron chi connectivity index (χ3n) is 2.10. The minimum Gasteiger partial charge on any atom is -0.468 e. The second kappa shape index (κ2) is 4.37. The van der Waals surface area contributed by atoms with Crippen LogP contribution in [0.25, 0.3) is 5.69 Å². The first-order valence-corrected chi connectivity index (χ1v) is 5.33. The van der Waals surface area contributed by atoms with E-state index in [0.717, 1.165) is 5.69 Å². The summed E-state index contributed by atoms with van der Waals surface area (Å²) in [4.78, 5) is 4.14. The summed E-state index contributed by atoms with van der Waals surface area (Å²) in [6.45, 7) is 0. The van der Waals surface area contributed by atoms with Gasteiger partial charge in [-0.05, 0) is 40.2 Å². The van der Waals surface area contributed by atoms with E-state index in [1.165, 1.54) is 0 Å². The molecule has 0 aliphatic heterocycles. The number of benzene rings is 1. The van der Waals surface area contributed by atoms with Gasteiger partial charge in [-0.3, -0.25) is 4.57 Å². The van der Waals surface area contributed by atoms with Crippen molar-refractivity contribution in [2.24, 2.45) is 0 Å². The molecule has 4 nitrogen and oxygen atoms in total. The van der Waals surface area contributed by atoms with Gasteiger partial charge in [0.2, 0.25) is 0 Å². The highest BCUT2D eigenvalue weighted by Gasteiger charge is 2.07. The smallest absolute Gasteiger partial charge is 0.301 e. The predicted octanol–water partition coefficient (Wildman–Crippen LogP) is 2.52. The lowest BCUT2D eigenvalue weighted by Gasteiger charge is -2.05. The van der Waals surface area contributed by atoms with Gasteiger partial charge in [0.05, 0.1) is 24.4 Å². The Bertz CT molecular complexity index is 539. The number of imidazole rings is 1. The molecule has 0 spiro atoms.